The molecule has 1 N–H and O–H groups in total. The summed E-state index contributed by atoms with van der Waals surface area (Å²) in [7, 11) is 0. The first-order valence-corrected chi connectivity index (χ1v) is 4.58. The van der Waals surface area contributed by atoms with Gasteiger partial charge in [0.05, 0.1) is 0 Å². The first kappa shape index (κ1) is 8.74. The average Bonchev–Trinajstić information content (AvgIpc) is 2.72. The molecule has 0 amide bonds. The molecule has 2 aromatic rings. The predicted octanol–water partition coefficient (Wildman–Crippen LogP) is 1.06. The normalized spacial score (nSPS) is 10.0. The highest BCUT2D eigenvalue weighted by molar-refractivity contribution is 4.95. The molecule has 0 spiro atoms. The number of nitrogens with zero attached hydrogens (tertiary/aromatic N) is 3. The Labute approximate surface area is 82.6 Å². The van der Waals surface area contributed by atoms with Gasteiger partial charge in [-0.2, -0.15) is 0 Å². The minimum atomic E-state index is 0.832. The summed E-state index contributed by atoms with van der Waals surface area (Å²) >= 11 is 0. The summed E-state index contributed by atoms with van der Waals surface area (Å²) in [6.07, 6.45) is 8.28. The second kappa shape index (κ2) is 4.41. The minimum absolute atomic E-state index is 0.832. The molecule has 0 saturated heterocycles. The van der Waals surface area contributed by atoms with Crippen LogP contribution in [0, 0.1) is 0 Å². The molecule has 0 saturated carbocycles. The van der Waals surface area contributed by atoms with Gasteiger partial charge in [-0.3, -0.25) is 4.68 Å². The quantitative estimate of drug-likeness (QED) is 0.780. The molecule has 0 unspecified atom stereocenters. The molecular formula is C10H12N4. The molecule has 4 nitrogen and oxygen atoms in total. The molecule has 72 valence electrons. The molecule has 0 aromatic carbocycles. The van der Waals surface area contributed by atoms with E-state index in [1.807, 2.05) is 35.3 Å². The zero-order valence-electron chi connectivity index (χ0n) is 7.80. The number of hydrogen-bond acceptors (Lipinski definition) is 3. The van der Waals surface area contributed by atoms with Crippen LogP contribution >= 0.6 is 0 Å². The van der Waals surface area contributed by atoms with Crippen LogP contribution in [0.1, 0.15) is 5.82 Å². The Bertz CT molecular complexity index is 355. The summed E-state index contributed by atoms with van der Waals surface area (Å²) in [5, 5.41) is 0. The lowest BCUT2D eigenvalue weighted by atomic mass is 10.4. The minimum Gasteiger partial charge on any atom is -0.326 e. The second-order valence-corrected chi connectivity index (χ2v) is 2.91. The molecule has 14 heavy (non-hydrogen) atoms. The SMILES string of the molecule is c1cnc(CCNn2cccc2)nc1. The van der Waals surface area contributed by atoms with E-state index >= 15 is 0 Å². The van der Waals surface area contributed by atoms with Gasteiger partial charge in [-0.1, -0.05) is 0 Å². The largest absolute Gasteiger partial charge is 0.326 e. The molecule has 2 heterocycles. The zero-order valence-corrected chi connectivity index (χ0v) is 7.80. The summed E-state index contributed by atoms with van der Waals surface area (Å²) in [6, 6.07) is 5.78. The van der Waals surface area contributed by atoms with E-state index < -0.39 is 0 Å². The predicted molar refractivity (Wildman–Crippen MR) is 54.4 cm³/mol. The maximum atomic E-state index is 4.14. The van der Waals surface area contributed by atoms with E-state index in [1.165, 1.54) is 0 Å². The third-order valence-electron chi connectivity index (χ3n) is 1.87. The lowest BCUT2D eigenvalue weighted by Crippen LogP contribution is -2.16. The van der Waals surface area contributed by atoms with Gasteiger partial charge >= 0.3 is 0 Å². The van der Waals surface area contributed by atoms with Crippen LogP contribution in [0.2, 0.25) is 0 Å². The Hall–Kier alpha value is -1.84. The van der Waals surface area contributed by atoms with Crippen molar-refractivity contribution in [3.8, 4) is 0 Å². The Balaban J connectivity index is 1.79. The summed E-state index contributed by atoms with van der Waals surface area (Å²) in [5.74, 6) is 0.868. The van der Waals surface area contributed by atoms with Gasteiger partial charge in [0.1, 0.15) is 5.82 Å². The molecule has 2 aromatic heterocycles. The van der Waals surface area contributed by atoms with Crippen molar-refractivity contribution in [2.75, 3.05) is 12.0 Å². The van der Waals surface area contributed by atoms with Crippen LogP contribution in [0.4, 0.5) is 0 Å². The fraction of sp³-hybridized carbons (Fsp3) is 0.200. The third kappa shape index (κ3) is 2.32. The van der Waals surface area contributed by atoms with E-state index in [0.717, 1.165) is 18.8 Å². The highest BCUT2D eigenvalue weighted by Gasteiger charge is 1.93. The number of nitrogens with one attached hydrogen (secondary N) is 1. The Morgan fingerprint density at radius 2 is 1.79 bits per heavy atom. The molecule has 0 aliphatic carbocycles. The Morgan fingerprint density at radius 1 is 1.07 bits per heavy atom. The topological polar surface area (TPSA) is 42.7 Å². The number of aromatic nitrogens is 3. The van der Waals surface area contributed by atoms with Crippen LogP contribution in [0.25, 0.3) is 0 Å². The monoisotopic (exact) mass is 188 g/mol. The molecule has 2 rings (SSSR count). The maximum Gasteiger partial charge on any atom is 0.130 e. The summed E-state index contributed by atoms with van der Waals surface area (Å²) in [4.78, 5) is 8.27. The first-order chi connectivity index (χ1) is 6.95. The lowest BCUT2D eigenvalue weighted by molar-refractivity contribution is 0.794. The fourth-order valence-corrected chi connectivity index (χ4v) is 1.20. The molecule has 0 aliphatic heterocycles. The van der Waals surface area contributed by atoms with Crippen molar-refractivity contribution in [1.82, 2.24) is 14.6 Å². The molecule has 0 fully saturated rings. The highest BCUT2D eigenvalue weighted by Crippen LogP contribution is 1.89. The Kier molecular flexibility index (Phi) is 2.76. The average molecular weight is 188 g/mol. The summed E-state index contributed by atoms with van der Waals surface area (Å²) in [5.41, 5.74) is 3.21. The van der Waals surface area contributed by atoms with Gasteiger partial charge in [0.25, 0.3) is 0 Å². The van der Waals surface area contributed by atoms with Crippen molar-refractivity contribution >= 4 is 0 Å². The van der Waals surface area contributed by atoms with E-state index in [4.69, 9.17) is 0 Å². The van der Waals surface area contributed by atoms with E-state index in [9.17, 15) is 0 Å². The second-order valence-electron chi connectivity index (χ2n) is 2.91. The highest BCUT2D eigenvalue weighted by atomic mass is 15.4. The van der Waals surface area contributed by atoms with Crippen molar-refractivity contribution < 1.29 is 0 Å². The standard InChI is InChI=1S/C10H12N4/c1-2-9-14(8-1)13-7-4-10-11-5-3-6-12-10/h1-3,5-6,8-9,13H,4,7H2. The fourth-order valence-electron chi connectivity index (χ4n) is 1.20. The van der Waals surface area contributed by atoms with E-state index in [1.54, 1.807) is 12.4 Å². The molecule has 0 atom stereocenters. The van der Waals surface area contributed by atoms with E-state index in [2.05, 4.69) is 15.4 Å². The van der Waals surface area contributed by atoms with Gasteiger partial charge in [-0.05, 0) is 18.2 Å². The molecule has 0 bridgehead atoms. The van der Waals surface area contributed by atoms with Gasteiger partial charge in [0.15, 0.2) is 0 Å². The zero-order chi connectivity index (χ0) is 9.64. The summed E-state index contributed by atoms with van der Waals surface area (Å²) < 4.78 is 1.92. The van der Waals surface area contributed by atoms with Gasteiger partial charge in [-0.15, -0.1) is 0 Å². The van der Waals surface area contributed by atoms with Crippen LogP contribution in [-0.2, 0) is 6.42 Å². The van der Waals surface area contributed by atoms with Gasteiger partial charge < -0.3 is 5.43 Å². The summed E-state index contributed by atoms with van der Waals surface area (Å²) in [6.45, 7) is 0.832. The molecule has 0 aliphatic rings. The van der Waals surface area contributed by atoms with Gasteiger partial charge in [0, 0.05) is 37.8 Å². The van der Waals surface area contributed by atoms with Crippen molar-refractivity contribution in [3.05, 3.63) is 48.8 Å². The van der Waals surface area contributed by atoms with Crippen LogP contribution < -0.4 is 5.43 Å². The van der Waals surface area contributed by atoms with Crippen molar-refractivity contribution in [1.29, 1.82) is 0 Å². The van der Waals surface area contributed by atoms with Crippen LogP contribution in [-0.4, -0.2) is 21.2 Å². The van der Waals surface area contributed by atoms with Crippen molar-refractivity contribution in [3.63, 3.8) is 0 Å². The third-order valence-corrected chi connectivity index (χ3v) is 1.87. The van der Waals surface area contributed by atoms with Gasteiger partial charge in [-0.25, -0.2) is 9.97 Å². The Morgan fingerprint density at radius 3 is 2.50 bits per heavy atom. The molecule has 0 radical (unpaired) electrons. The first-order valence-electron chi connectivity index (χ1n) is 4.58. The van der Waals surface area contributed by atoms with Crippen molar-refractivity contribution in [2.24, 2.45) is 0 Å². The number of hydrogen-bond donors (Lipinski definition) is 1. The van der Waals surface area contributed by atoms with Crippen LogP contribution in [0.3, 0.4) is 0 Å². The lowest BCUT2D eigenvalue weighted by Gasteiger charge is -2.05. The van der Waals surface area contributed by atoms with E-state index in [0.29, 0.717) is 0 Å². The smallest absolute Gasteiger partial charge is 0.130 e. The molecular weight excluding hydrogens is 176 g/mol. The van der Waals surface area contributed by atoms with E-state index in [-0.39, 0.29) is 0 Å². The van der Waals surface area contributed by atoms with Crippen LogP contribution in [0.15, 0.2) is 43.0 Å². The van der Waals surface area contributed by atoms with Gasteiger partial charge in [0.2, 0.25) is 0 Å². The number of rotatable bonds is 4. The van der Waals surface area contributed by atoms with Crippen LogP contribution in [0.5, 0.6) is 0 Å². The maximum absolute atomic E-state index is 4.14. The van der Waals surface area contributed by atoms with Crippen molar-refractivity contribution in [2.45, 2.75) is 6.42 Å². The molecule has 4 heteroatoms.